The first kappa shape index (κ1) is 14.4. The van der Waals surface area contributed by atoms with Crippen LogP contribution in [0.4, 0.5) is 5.69 Å². The first-order valence-electron chi connectivity index (χ1n) is 6.61. The number of carbonyl (C=O) groups is 1. The van der Waals surface area contributed by atoms with Crippen LogP contribution < -0.4 is 5.32 Å². The van der Waals surface area contributed by atoms with Crippen molar-refractivity contribution >= 4 is 11.6 Å². The highest BCUT2D eigenvalue weighted by Gasteiger charge is 2.30. The Morgan fingerprint density at radius 2 is 2.40 bits per heavy atom. The van der Waals surface area contributed by atoms with Crippen molar-refractivity contribution in [3.63, 3.8) is 0 Å². The fourth-order valence-corrected chi connectivity index (χ4v) is 2.54. The normalized spacial score (nSPS) is 18.3. The number of nitro groups is 1. The van der Waals surface area contributed by atoms with Crippen LogP contribution in [-0.4, -0.2) is 46.9 Å². The van der Waals surface area contributed by atoms with Gasteiger partial charge in [0.2, 0.25) is 0 Å². The lowest BCUT2D eigenvalue weighted by molar-refractivity contribution is -0.385. The van der Waals surface area contributed by atoms with Crippen molar-refractivity contribution in [2.45, 2.75) is 25.8 Å². The van der Waals surface area contributed by atoms with Crippen LogP contribution in [-0.2, 0) is 0 Å². The molecule has 1 aromatic rings. The third kappa shape index (κ3) is 2.77. The average Bonchev–Trinajstić information content (AvgIpc) is 2.87. The minimum absolute atomic E-state index is 0.145. The van der Waals surface area contributed by atoms with Crippen molar-refractivity contribution in [1.29, 1.82) is 0 Å². The maximum absolute atomic E-state index is 12.6. The summed E-state index contributed by atoms with van der Waals surface area (Å²) in [5.74, 6) is -0.170. The van der Waals surface area contributed by atoms with Gasteiger partial charge in [0.15, 0.2) is 0 Å². The van der Waals surface area contributed by atoms with Crippen LogP contribution >= 0.6 is 0 Å². The Balaban J connectivity index is 2.28. The summed E-state index contributed by atoms with van der Waals surface area (Å²) in [5, 5.41) is 13.9. The molecule has 0 radical (unpaired) electrons. The molecule has 1 aromatic heterocycles. The fourth-order valence-electron chi connectivity index (χ4n) is 2.54. The Labute approximate surface area is 117 Å². The molecule has 2 rings (SSSR count). The van der Waals surface area contributed by atoms with E-state index >= 15 is 0 Å². The zero-order chi connectivity index (χ0) is 14.7. The number of hydrogen-bond acceptors (Lipinski definition) is 5. The molecule has 0 aliphatic carbocycles. The summed E-state index contributed by atoms with van der Waals surface area (Å²) in [4.78, 5) is 28.6. The molecule has 1 unspecified atom stereocenters. The first-order valence-corrected chi connectivity index (χ1v) is 6.61. The predicted molar refractivity (Wildman–Crippen MR) is 73.6 cm³/mol. The highest BCUT2D eigenvalue weighted by atomic mass is 16.6. The summed E-state index contributed by atoms with van der Waals surface area (Å²) in [6, 6.07) is 1.46. The van der Waals surface area contributed by atoms with E-state index in [0.717, 1.165) is 19.4 Å². The van der Waals surface area contributed by atoms with Crippen LogP contribution in [0.2, 0.25) is 0 Å². The van der Waals surface area contributed by atoms with Crippen LogP contribution in [0.3, 0.4) is 0 Å². The number of hydrogen-bond donors (Lipinski definition) is 1. The number of aromatic nitrogens is 1. The Morgan fingerprint density at radius 3 is 3.05 bits per heavy atom. The maximum Gasteiger partial charge on any atom is 0.288 e. The van der Waals surface area contributed by atoms with Gasteiger partial charge in [-0.05, 0) is 26.8 Å². The van der Waals surface area contributed by atoms with E-state index in [1.165, 1.54) is 12.3 Å². The number of nitrogens with one attached hydrogen (secondary N) is 1. The molecule has 0 aromatic carbocycles. The molecule has 0 bridgehead atoms. The van der Waals surface area contributed by atoms with Gasteiger partial charge in [-0.1, -0.05) is 0 Å². The number of rotatable bonds is 4. The molecule has 108 valence electrons. The molecule has 2 heterocycles. The van der Waals surface area contributed by atoms with E-state index in [4.69, 9.17) is 0 Å². The van der Waals surface area contributed by atoms with Crippen molar-refractivity contribution in [3.05, 3.63) is 33.6 Å². The third-order valence-electron chi connectivity index (χ3n) is 3.59. The Kier molecular flexibility index (Phi) is 4.29. The molecular weight excluding hydrogens is 260 g/mol. The molecule has 1 aliphatic rings. The molecule has 1 aliphatic heterocycles. The van der Waals surface area contributed by atoms with Crippen molar-refractivity contribution in [3.8, 4) is 0 Å². The SMILES string of the molecule is CNCC1CCCN1C(=O)c1cc([N+](=O)[O-])cnc1C. The van der Waals surface area contributed by atoms with Crippen LogP contribution in [0.15, 0.2) is 12.3 Å². The van der Waals surface area contributed by atoms with Crippen LogP contribution in [0.5, 0.6) is 0 Å². The average molecular weight is 278 g/mol. The number of pyridine rings is 1. The van der Waals surface area contributed by atoms with Gasteiger partial charge in [0.1, 0.15) is 6.20 Å². The summed E-state index contributed by atoms with van der Waals surface area (Å²) in [6.07, 6.45) is 3.09. The molecule has 1 atom stereocenters. The van der Waals surface area contributed by atoms with E-state index in [2.05, 4.69) is 10.3 Å². The van der Waals surface area contributed by atoms with Gasteiger partial charge < -0.3 is 10.2 Å². The maximum atomic E-state index is 12.6. The highest BCUT2D eigenvalue weighted by molar-refractivity contribution is 5.96. The van der Waals surface area contributed by atoms with E-state index in [1.807, 2.05) is 7.05 Å². The molecule has 1 saturated heterocycles. The second kappa shape index (κ2) is 5.96. The van der Waals surface area contributed by atoms with Gasteiger partial charge >= 0.3 is 0 Å². The third-order valence-corrected chi connectivity index (χ3v) is 3.59. The minimum Gasteiger partial charge on any atom is -0.334 e. The number of carbonyl (C=O) groups excluding carboxylic acids is 1. The topological polar surface area (TPSA) is 88.4 Å². The quantitative estimate of drug-likeness (QED) is 0.658. The summed E-state index contributed by atoms with van der Waals surface area (Å²) in [6.45, 7) is 3.11. The second-order valence-corrected chi connectivity index (χ2v) is 4.94. The van der Waals surface area contributed by atoms with E-state index in [-0.39, 0.29) is 17.6 Å². The van der Waals surface area contributed by atoms with Gasteiger partial charge in [0.25, 0.3) is 11.6 Å². The zero-order valence-corrected chi connectivity index (χ0v) is 11.6. The summed E-state index contributed by atoms with van der Waals surface area (Å²) >= 11 is 0. The summed E-state index contributed by atoms with van der Waals surface area (Å²) in [5.41, 5.74) is 0.696. The Hall–Kier alpha value is -2.02. The largest absolute Gasteiger partial charge is 0.334 e. The van der Waals surface area contributed by atoms with E-state index in [9.17, 15) is 14.9 Å². The molecule has 1 fully saturated rings. The van der Waals surface area contributed by atoms with E-state index in [0.29, 0.717) is 17.8 Å². The van der Waals surface area contributed by atoms with Crippen molar-refractivity contribution in [2.24, 2.45) is 0 Å². The van der Waals surface area contributed by atoms with Gasteiger partial charge in [-0.3, -0.25) is 19.9 Å². The zero-order valence-electron chi connectivity index (χ0n) is 11.6. The predicted octanol–water partition coefficient (Wildman–Crippen LogP) is 1.12. The number of likely N-dealkylation sites (N-methyl/N-ethyl adjacent to an activating group) is 1. The number of aryl methyl sites for hydroxylation is 1. The van der Waals surface area contributed by atoms with E-state index in [1.54, 1.807) is 11.8 Å². The van der Waals surface area contributed by atoms with Crippen molar-refractivity contribution in [2.75, 3.05) is 20.1 Å². The molecule has 20 heavy (non-hydrogen) atoms. The molecule has 0 saturated carbocycles. The lowest BCUT2D eigenvalue weighted by Gasteiger charge is -2.25. The number of nitrogens with zero attached hydrogens (tertiary/aromatic N) is 3. The summed E-state index contributed by atoms with van der Waals surface area (Å²) < 4.78 is 0. The molecular formula is C13H18N4O3. The lowest BCUT2D eigenvalue weighted by Crippen LogP contribution is -2.41. The fraction of sp³-hybridized carbons (Fsp3) is 0.538. The van der Waals surface area contributed by atoms with E-state index < -0.39 is 4.92 Å². The smallest absolute Gasteiger partial charge is 0.288 e. The molecule has 1 amide bonds. The second-order valence-electron chi connectivity index (χ2n) is 4.94. The summed E-state index contributed by atoms with van der Waals surface area (Å²) in [7, 11) is 1.85. The Bertz CT molecular complexity index is 532. The minimum atomic E-state index is -0.529. The van der Waals surface area contributed by atoms with Crippen LogP contribution in [0, 0.1) is 17.0 Å². The van der Waals surface area contributed by atoms with Gasteiger partial charge in [-0.15, -0.1) is 0 Å². The van der Waals surface area contributed by atoms with Gasteiger partial charge in [-0.2, -0.15) is 0 Å². The monoisotopic (exact) mass is 278 g/mol. The first-order chi connectivity index (χ1) is 9.54. The van der Waals surface area contributed by atoms with Crippen LogP contribution in [0.25, 0.3) is 0 Å². The van der Waals surface area contributed by atoms with Crippen LogP contribution in [0.1, 0.15) is 28.9 Å². The Morgan fingerprint density at radius 1 is 1.65 bits per heavy atom. The molecule has 7 nitrogen and oxygen atoms in total. The molecule has 0 spiro atoms. The van der Waals surface area contributed by atoms with Crippen molar-refractivity contribution < 1.29 is 9.72 Å². The highest BCUT2D eigenvalue weighted by Crippen LogP contribution is 2.22. The molecule has 7 heteroatoms. The standard InChI is InChI=1S/C13H18N4O3/c1-9-12(6-11(8-15-9)17(19)20)13(18)16-5-3-4-10(16)7-14-2/h6,8,10,14H,3-5,7H2,1-2H3. The van der Waals surface area contributed by atoms with Gasteiger partial charge in [0, 0.05) is 25.2 Å². The van der Waals surface area contributed by atoms with Crippen molar-refractivity contribution in [1.82, 2.24) is 15.2 Å². The number of amides is 1. The van der Waals surface area contributed by atoms with Gasteiger partial charge in [-0.25, -0.2) is 0 Å². The number of likely N-dealkylation sites (tertiary alicyclic amines) is 1. The molecule has 1 N–H and O–H groups in total. The van der Waals surface area contributed by atoms with Gasteiger partial charge in [0.05, 0.1) is 16.2 Å². The lowest BCUT2D eigenvalue weighted by atomic mass is 10.1.